The van der Waals surface area contributed by atoms with E-state index < -0.39 is 37.3 Å². The van der Waals surface area contributed by atoms with Gasteiger partial charge in [-0.25, -0.2) is 17.5 Å². The molecule has 4 aromatic carbocycles. The second-order valence-electron chi connectivity index (χ2n) is 18.8. The van der Waals surface area contributed by atoms with Gasteiger partial charge in [-0.1, -0.05) is 43.2 Å². The molecule has 14 nitrogen and oxygen atoms in total. The molecule has 4 aliphatic rings. The molecule has 3 fully saturated rings. The predicted octanol–water partition coefficient (Wildman–Crippen LogP) is 9.59. The summed E-state index contributed by atoms with van der Waals surface area (Å²) in [5.74, 6) is -2.02. The Bertz CT molecular complexity index is 2780. The molecule has 17 heteroatoms. The average Bonchev–Trinajstić information content (AvgIpc) is 3.77. The zero-order chi connectivity index (χ0) is 46.9. The maximum absolute atomic E-state index is 15.5. The topological polar surface area (TPSA) is 160 Å². The SMILES string of the molecule is CC1(C)CCC(CN2CCN(c3ccc(C(=O)NS(=O)(=O)c4ccc(OC5CCC(N6CCOCC6)CC5)c([N+](=O)[O-])c4)c(Oc4cc5cc[nH]c5cc4F)c3)CC2)=C(c2ccc(Cl)cc2)C1. The molecule has 2 N–H and O–H groups in total. The second kappa shape index (κ2) is 19.6. The highest BCUT2D eigenvalue weighted by Gasteiger charge is 2.33. The molecule has 0 radical (unpaired) electrons. The summed E-state index contributed by atoms with van der Waals surface area (Å²) in [6, 6.07) is 21.2. The number of nitrogens with one attached hydrogen (secondary N) is 2. The number of benzene rings is 4. The first-order valence-corrected chi connectivity index (χ1v) is 24.9. The van der Waals surface area contributed by atoms with Crippen LogP contribution < -0.4 is 19.1 Å². The van der Waals surface area contributed by atoms with Crippen LogP contribution >= 0.6 is 11.6 Å². The van der Waals surface area contributed by atoms with Crippen molar-refractivity contribution < 1.29 is 36.7 Å². The van der Waals surface area contributed by atoms with Crippen LogP contribution in [-0.2, 0) is 14.8 Å². The molecule has 2 saturated heterocycles. The van der Waals surface area contributed by atoms with Gasteiger partial charge in [-0.15, -0.1) is 0 Å². The smallest absolute Gasteiger partial charge is 0.312 e. The fourth-order valence-corrected chi connectivity index (χ4v) is 11.0. The minimum Gasteiger partial charge on any atom is -0.484 e. The number of carbonyl (C=O) groups excluding carboxylic acids is 1. The highest BCUT2D eigenvalue weighted by Crippen LogP contribution is 2.44. The molecule has 1 saturated carbocycles. The number of rotatable bonds is 13. The summed E-state index contributed by atoms with van der Waals surface area (Å²) < 4.78 is 63.0. The average molecular weight is 956 g/mol. The van der Waals surface area contributed by atoms with E-state index in [1.807, 2.05) is 12.1 Å². The first-order valence-electron chi connectivity index (χ1n) is 23.0. The van der Waals surface area contributed by atoms with Gasteiger partial charge in [-0.3, -0.25) is 24.7 Å². The summed E-state index contributed by atoms with van der Waals surface area (Å²) in [5.41, 5.74) is 4.78. The van der Waals surface area contributed by atoms with E-state index in [4.69, 9.17) is 25.8 Å². The maximum atomic E-state index is 15.5. The van der Waals surface area contributed by atoms with E-state index in [-0.39, 0.29) is 34.3 Å². The van der Waals surface area contributed by atoms with Crippen molar-refractivity contribution in [2.45, 2.75) is 75.8 Å². The van der Waals surface area contributed by atoms with Gasteiger partial charge < -0.3 is 24.1 Å². The molecule has 67 heavy (non-hydrogen) atoms. The van der Waals surface area contributed by atoms with Gasteiger partial charge in [0.2, 0.25) is 0 Å². The third kappa shape index (κ3) is 10.8. The van der Waals surface area contributed by atoms with Gasteiger partial charge in [0.15, 0.2) is 17.3 Å². The number of hydrogen-bond donors (Lipinski definition) is 2. The molecule has 3 heterocycles. The van der Waals surface area contributed by atoms with E-state index in [1.165, 1.54) is 47.0 Å². The van der Waals surface area contributed by atoms with E-state index in [9.17, 15) is 23.3 Å². The first-order chi connectivity index (χ1) is 32.2. The van der Waals surface area contributed by atoms with Gasteiger partial charge in [-0.05, 0) is 110 Å². The van der Waals surface area contributed by atoms with Gasteiger partial charge in [0.25, 0.3) is 15.9 Å². The van der Waals surface area contributed by atoms with E-state index in [2.05, 4.69) is 50.4 Å². The molecule has 0 atom stereocenters. The number of aromatic nitrogens is 1. The Labute approximate surface area is 395 Å². The van der Waals surface area contributed by atoms with Crippen LogP contribution in [0.25, 0.3) is 16.5 Å². The molecular formula is C50H56ClFN6O8S. The van der Waals surface area contributed by atoms with Crippen LogP contribution in [-0.4, -0.2) is 105 Å². The van der Waals surface area contributed by atoms with Crippen molar-refractivity contribution in [2.75, 3.05) is 63.9 Å². The highest BCUT2D eigenvalue weighted by molar-refractivity contribution is 7.90. The van der Waals surface area contributed by atoms with Crippen molar-refractivity contribution in [2.24, 2.45) is 5.41 Å². The number of amides is 1. The third-order valence-electron chi connectivity index (χ3n) is 13.7. The number of sulfonamides is 1. The Morgan fingerprint density at radius 3 is 2.40 bits per heavy atom. The molecule has 2 aliphatic heterocycles. The van der Waals surface area contributed by atoms with E-state index in [1.54, 1.807) is 24.4 Å². The molecule has 1 amide bonds. The minimum atomic E-state index is -4.67. The number of H-pyrrole nitrogens is 1. The Balaban J connectivity index is 0.917. The summed E-state index contributed by atoms with van der Waals surface area (Å²) in [6.07, 6.45) is 7.65. The van der Waals surface area contributed by atoms with Gasteiger partial charge in [0.1, 0.15) is 5.75 Å². The van der Waals surface area contributed by atoms with Crippen molar-refractivity contribution in [1.82, 2.24) is 19.5 Å². The number of nitro groups is 1. The summed E-state index contributed by atoms with van der Waals surface area (Å²) in [5, 5.41) is 13.7. The summed E-state index contributed by atoms with van der Waals surface area (Å²) in [6.45, 7) is 11.5. The van der Waals surface area contributed by atoms with Crippen LogP contribution in [0.2, 0.25) is 5.02 Å². The number of hydrogen-bond acceptors (Lipinski definition) is 11. The fraction of sp³-hybridized carbons (Fsp3) is 0.420. The summed E-state index contributed by atoms with van der Waals surface area (Å²) >= 11 is 6.24. The molecule has 0 unspecified atom stereocenters. The lowest BCUT2D eigenvalue weighted by molar-refractivity contribution is -0.386. The Kier molecular flexibility index (Phi) is 13.6. The second-order valence-corrected chi connectivity index (χ2v) is 21.0. The van der Waals surface area contributed by atoms with E-state index in [0.29, 0.717) is 66.8 Å². The van der Waals surface area contributed by atoms with Crippen LogP contribution in [0.1, 0.15) is 74.7 Å². The Morgan fingerprint density at radius 2 is 1.67 bits per heavy atom. The number of ether oxygens (including phenoxy) is 3. The number of anilines is 1. The molecule has 9 rings (SSSR count). The lowest BCUT2D eigenvalue weighted by Gasteiger charge is -2.39. The molecule has 0 bridgehead atoms. The number of allylic oxidation sites excluding steroid dienone is 1. The van der Waals surface area contributed by atoms with Crippen molar-refractivity contribution in [3.63, 3.8) is 0 Å². The Hall–Kier alpha value is -5.52. The standard InChI is InChI=1S/C50H56ClFN6O8S/c1-50(2)17-15-35(42(31-50)33-3-5-36(51)6-4-33)32-55-19-21-56(22-20-55)38-9-13-41(47(28-38)66-48-27-34-16-18-53-44(34)30-43(48)52)49(59)54-67(62,63)40-12-14-46(45(29-40)58(60)61)65-39-10-7-37(8-11-39)57-23-25-64-26-24-57/h3-6,9,12-14,16,18,27-30,37,39,53H,7-8,10-11,15,17,19-26,31-32H2,1-2H3,(H,54,59). The van der Waals surface area contributed by atoms with Gasteiger partial charge in [-0.2, -0.15) is 0 Å². The Morgan fingerprint density at radius 1 is 0.925 bits per heavy atom. The van der Waals surface area contributed by atoms with E-state index >= 15 is 4.39 Å². The zero-order valence-electron chi connectivity index (χ0n) is 37.8. The van der Waals surface area contributed by atoms with Crippen LogP contribution in [0.15, 0.2) is 95.5 Å². The van der Waals surface area contributed by atoms with Gasteiger partial charge in [0, 0.05) is 97.9 Å². The molecule has 1 aromatic heterocycles. The van der Waals surface area contributed by atoms with Crippen LogP contribution in [0.3, 0.4) is 0 Å². The van der Waals surface area contributed by atoms with Crippen molar-refractivity contribution in [3.8, 4) is 17.2 Å². The van der Waals surface area contributed by atoms with Crippen LogP contribution in [0.4, 0.5) is 15.8 Å². The number of nitrogens with zero attached hydrogens (tertiary/aromatic N) is 4. The number of piperazine rings is 1. The summed E-state index contributed by atoms with van der Waals surface area (Å²) in [7, 11) is -4.67. The molecule has 354 valence electrons. The highest BCUT2D eigenvalue weighted by atomic mass is 35.5. The largest absolute Gasteiger partial charge is 0.484 e. The first kappa shape index (κ1) is 46.6. The van der Waals surface area contributed by atoms with Gasteiger partial charge >= 0.3 is 5.69 Å². The number of fused-ring (bicyclic) bond motifs is 1. The minimum absolute atomic E-state index is 0.0450. The zero-order valence-corrected chi connectivity index (χ0v) is 39.3. The third-order valence-corrected chi connectivity index (χ3v) is 15.3. The fourth-order valence-electron chi connectivity index (χ4n) is 9.92. The number of morpholine rings is 1. The van der Waals surface area contributed by atoms with Crippen molar-refractivity contribution in [3.05, 3.63) is 123 Å². The lowest BCUT2D eigenvalue weighted by Crippen LogP contribution is -2.47. The quantitative estimate of drug-likeness (QED) is 0.0855. The van der Waals surface area contributed by atoms with Crippen LogP contribution in [0.5, 0.6) is 17.2 Å². The monoisotopic (exact) mass is 954 g/mol. The predicted molar refractivity (Wildman–Crippen MR) is 256 cm³/mol. The molecule has 5 aromatic rings. The van der Waals surface area contributed by atoms with Crippen LogP contribution in [0, 0.1) is 21.3 Å². The van der Waals surface area contributed by atoms with Crippen molar-refractivity contribution in [1.29, 1.82) is 0 Å². The number of nitro benzene ring substituents is 1. The number of halogens is 2. The maximum Gasteiger partial charge on any atom is 0.312 e. The molecule has 2 aliphatic carbocycles. The number of aromatic amines is 1. The summed E-state index contributed by atoms with van der Waals surface area (Å²) in [4.78, 5) is 35.1. The lowest BCUT2D eigenvalue weighted by atomic mass is 9.72. The van der Waals surface area contributed by atoms with Crippen molar-refractivity contribution >= 4 is 55.4 Å². The molecular weight excluding hydrogens is 899 g/mol. The molecule has 0 spiro atoms. The number of carbonyl (C=O) groups is 1. The van der Waals surface area contributed by atoms with E-state index in [0.717, 1.165) is 70.9 Å². The van der Waals surface area contributed by atoms with Gasteiger partial charge in [0.05, 0.1) is 34.7 Å². The normalized spacial score (nSPS) is 20.7.